The summed E-state index contributed by atoms with van der Waals surface area (Å²) in [5.74, 6) is 2.21. The summed E-state index contributed by atoms with van der Waals surface area (Å²) < 4.78 is 40.6. The predicted octanol–water partition coefficient (Wildman–Crippen LogP) is 3.91. The van der Waals surface area contributed by atoms with Gasteiger partial charge in [-0.25, -0.2) is 14.4 Å². The monoisotopic (exact) mass is 411 g/mol. The Morgan fingerprint density at radius 3 is 2.69 bits per heavy atom. The molecule has 2 aromatic heterocycles. The van der Waals surface area contributed by atoms with Crippen LogP contribution >= 0.6 is 0 Å². The summed E-state index contributed by atoms with van der Waals surface area (Å²) >= 11 is 0. The number of halogens is 3. The molecule has 1 atom stereocenters. The Morgan fingerprint density at radius 1 is 1.28 bits per heavy atom. The first kappa shape index (κ1) is 21.4. The van der Waals surface area contributed by atoms with Gasteiger partial charge in [0.05, 0.1) is 11.9 Å². The van der Waals surface area contributed by atoms with Gasteiger partial charge in [0, 0.05) is 31.3 Å². The number of anilines is 1. The number of nitrogens with one attached hydrogen (secondary N) is 1. The summed E-state index contributed by atoms with van der Waals surface area (Å²) in [5, 5.41) is 0. The number of hydrogen-bond donors (Lipinski definition) is 2. The van der Waals surface area contributed by atoms with Gasteiger partial charge in [0.25, 0.3) is 0 Å². The van der Waals surface area contributed by atoms with Crippen LogP contribution in [-0.2, 0) is 6.42 Å². The smallest absolute Gasteiger partial charge is 0.387 e. The number of nitrogens with two attached hydrogens (primary N) is 1. The van der Waals surface area contributed by atoms with E-state index in [0.29, 0.717) is 17.8 Å². The molecule has 2 fully saturated rings. The first-order valence-electron chi connectivity index (χ1n) is 9.97. The number of alkyl halides is 3. The zero-order valence-corrected chi connectivity index (χ0v) is 16.6. The van der Waals surface area contributed by atoms with E-state index in [1.54, 1.807) is 6.20 Å². The molecule has 3 heterocycles. The maximum atomic E-state index is 12.3. The number of imidazole rings is 1. The Kier molecular flexibility index (Phi) is 7.35. The summed E-state index contributed by atoms with van der Waals surface area (Å²) in [5.41, 5.74) is 6.83. The van der Waals surface area contributed by atoms with E-state index < -0.39 is 6.61 Å². The Bertz CT molecular complexity index is 779. The number of aromatic nitrogens is 3. The Labute approximate surface area is 168 Å². The lowest BCUT2D eigenvalue weighted by atomic mass is 10.2. The molecule has 29 heavy (non-hydrogen) atoms. The molecule has 0 bridgehead atoms. The van der Waals surface area contributed by atoms with Crippen LogP contribution in [0.4, 0.5) is 19.0 Å². The van der Waals surface area contributed by atoms with Crippen LogP contribution in [0.5, 0.6) is 5.75 Å². The number of nitrogen functional groups attached to an aromatic ring is 1. The molecular weight excluding hydrogens is 383 g/mol. The number of rotatable bonds is 7. The molecule has 6 nitrogen and oxygen atoms in total. The second-order valence-electron chi connectivity index (χ2n) is 7.76. The average molecular weight is 411 g/mol. The highest BCUT2D eigenvalue weighted by Crippen LogP contribution is 2.32. The fourth-order valence-electron chi connectivity index (χ4n) is 3.35. The zero-order valence-electron chi connectivity index (χ0n) is 16.6. The molecule has 1 aliphatic carbocycles. The molecule has 1 unspecified atom stereocenters. The molecule has 1 aliphatic heterocycles. The lowest BCUT2D eigenvalue weighted by Gasteiger charge is -2.11. The molecule has 0 spiro atoms. The van der Waals surface area contributed by atoms with E-state index in [1.807, 2.05) is 0 Å². The highest BCUT2D eigenvalue weighted by atomic mass is 19.3. The third-order valence-corrected chi connectivity index (χ3v) is 5.12. The Balaban J connectivity index is 0.000000224. The van der Waals surface area contributed by atoms with E-state index in [-0.39, 0.29) is 18.2 Å². The van der Waals surface area contributed by atoms with E-state index in [2.05, 4.69) is 31.5 Å². The molecule has 2 aromatic rings. The summed E-state index contributed by atoms with van der Waals surface area (Å²) in [4.78, 5) is 13.5. The molecule has 160 valence electrons. The van der Waals surface area contributed by atoms with Gasteiger partial charge in [-0.3, -0.25) is 0 Å². The number of aromatic amines is 1. The fourth-order valence-corrected chi connectivity index (χ4v) is 3.35. The van der Waals surface area contributed by atoms with Gasteiger partial charge < -0.3 is 20.4 Å². The van der Waals surface area contributed by atoms with Crippen molar-refractivity contribution >= 4 is 5.82 Å². The fraction of sp³-hybridized carbons (Fsp3) is 0.600. The van der Waals surface area contributed by atoms with Crippen molar-refractivity contribution in [2.24, 2.45) is 11.8 Å². The third kappa shape index (κ3) is 6.62. The highest BCUT2D eigenvalue weighted by molar-refractivity contribution is 5.63. The van der Waals surface area contributed by atoms with Crippen LogP contribution in [0.2, 0.25) is 0 Å². The van der Waals surface area contributed by atoms with E-state index >= 15 is 0 Å². The number of pyridine rings is 1. The quantitative estimate of drug-likeness (QED) is 0.722. The van der Waals surface area contributed by atoms with Gasteiger partial charge >= 0.3 is 6.61 Å². The van der Waals surface area contributed by atoms with Crippen LogP contribution < -0.4 is 10.5 Å². The van der Waals surface area contributed by atoms with Crippen molar-refractivity contribution in [1.29, 1.82) is 0 Å². The molecule has 0 amide bonds. The maximum absolute atomic E-state index is 12.3. The van der Waals surface area contributed by atoms with Gasteiger partial charge in [0.1, 0.15) is 12.5 Å². The molecule has 2 aliphatic rings. The third-order valence-electron chi connectivity index (χ3n) is 5.12. The van der Waals surface area contributed by atoms with Gasteiger partial charge in [0.2, 0.25) is 0 Å². The van der Waals surface area contributed by atoms with Crippen LogP contribution in [0.25, 0.3) is 11.3 Å². The Morgan fingerprint density at radius 2 is 2.07 bits per heavy atom. The minimum Gasteiger partial charge on any atom is -0.431 e. The minimum atomic E-state index is -2.93. The Hall–Kier alpha value is -2.29. The van der Waals surface area contributed by atoms with Gasteiger partial charge in [-0.05, 0) is 43.7 Å². The van der Waals surface area contributed by atoms with Gasteiger partial charge in [-0.2, -0.15) is 8.78 Å². The lowest BCUT2D eigenvalue weighted by Crippen LogP contribution is -2.22. The van der Waals surface area contributed by atoms with Gasteiger partial charge in [-0.1, -0.05) is 6.92 Å². The van der Waals surface area contributed by atoms with E-state index in [9.17, 15) is 13.2 Å². The van der Waals surface area contributed by atoms with Crippen molar-refractivity contribution in [2.75, 3.05) is 32.0 Å². The highest BCUT2D eigenvalue weighted by Gasteiger charge is 2.23. The average Bonchev–Trinajstić information content (AvgIpc) is 3.19. The largest absolute Gasteiger partial charge is 0.431 e. The van der Waals surface area contributed by atoms with Gasteiger partial charge in [0.15, 0.2) is 11.6 Å². The number of likely N-dealkylation sites (tertiary alicyclic amines) is 1. The van der Waals surface area contributed by atoms with Gasteiger partial charge in [-0.15, -0.1) is 0 Å². The SMILES string of the molecule is CC1CCN(CCF)C1.Nc1ncc(-c2cnc(CC3CC3)[nH]2)cc1OC(F)F. The van der Waals surface area contributed by atoms with Crippen LogP contribution in [0.3, 0.4) is 0 Å². The summed E-state index contributed by atoms with van der Waals surface area (Å²) in [6.07, 6.45) is 7.82. The van der Waals surface area contributed by atoms with Crippen LogP contribution in [0.1, 0.15) is 32.0 Å². The molecule has 4 rings (SSSR count). The molecule has 0 aromatic carbocycles. The number of hydrogen-bond acceptors (Lipinski definition) is 5. The van der Waals surface area contributed by atoms with Crippen molar-refractivity contribution in [3.05, 3.63) is 24.3 Å². The molecule has 3 N–H and O–H groups in total. The zero-order chi connectivity index (χ0) is 20.8. The molecule has 1 saturated carbocycles. The van der Waals surface area contributed by atoms with Crippen molar-refractivity contribution < 1.29 is 17.9 Å². The molecular formula is C20H28F3N5O. The number of H-pyrrole nitrogens is 1. The second-order valence-corrected chi connectivity index (χ2v) is 7.76. The van der Waals surface area contributed by atoms with E-state index in [4.69, 9.17) is 5.73 Å². The topological polar surface area (TPSA) is 80.1 Å². The van der Waals surface area contributed by atoms with Crippen LogP contribution in [0.15, 0.2) is 18.5 Å². The molecule has 1 saturated heterocycles. The van der Waals surface area contributed by atoms with Crippen LogP contribution in [-0.4, -0.2) is 52.8 Å². The van der Waals surface area contributed by atoms with Crippen molar-refractivity contribution in [1.82, 2.24) is 19.9 Å². The first-order chi connectivity index (χ1) is 13.9. The first-order valence-corrected chi connectivity index (χ1v) is 9.97. The lowest BCUT2D eigenvalue weighted by molar-refractivity contribution is -0.0494. The summed E-state index contributed by atoms with van der Waals surface area (Å²) in [6, 6.07) is 1.43. The van der Waals surface area contributed by atoms with E-state index in [0.717, 1.165) is 37.2 Å². The van der Waals surface area contributed by atoms with Crippen molar-refractivity contribution in [2.45, 2.75) is 39.2 Å². The summed E-state index contributed by atoms with van der Waals surface area (Å²) in [7, 11) is 0. The summed E-state index contributed by atoms with van der Waals surface area (Å²) in [6.45, 7) is 1.95. The standard InChI is InChI=1S/C13H14F2N4O.C7H14FN/c14-13(15)20-10-4-8(5-18-12(10)16)9-6-17-11(19-9)3-7-1-2-7;1-7-2-4-9(6-7)5-3-8/h4-7,13H,1-3H2,(H2,16,18)(H,17,19);7H,2-6H2,1H3. The molecule has 0 radical (unpaired) electrons. The molecule has 9 heteroatoms. The van der Waals surface area contributed by atoms with E-state index in [1.165, 1.54) is 31.5 Å². The number of ether oxygens (including phenoxy) is 1. The minimum absolute atomic E-state index is 0.0632. The van der Waals surface area contributed by atoms with Crippen molar-refractivity contribution in [3.63, 3.8) is 0 Å². The number of nitrogens with zero attached hydrogens (tertiary/aromatic N) is 3. The van der Waals surface area contributed by atoms with Crippen LogP contribution in [0, 0.1) is 11.8 Å². The normalized spacial score (nSPS) is 19.3. The van der Waals surface area contributed by atoms with Crippen molar-refractivity contribution in [3.8, 4) is 17.0 Å². The maximum Gasteiger partial charge on any atom is 0.387 e. The second kappa shape index (κ2) is 9.96. The predicted molar refractivity (Wildman–Crippen MR) is 105 cm³/mol.